The SMILES string of the molecule is CC(C(=O)NC1CC1)N1CCN(CCC(=O)N2CCN(c3ccccn3)CC2)CC1. The van der Waals surface area contributed by atoms with Crippen molar-refractivity contribution in [2.45, 2.75) is 38.3 Å². The summed E-state index contributed by atoms with van der Waals surface area (Å²) < 4.78 is 0. The van der Waals surface area contributed by atoms with Crippen LogP contribution in [-0.4, -0.2) is 102 Å². The van der Waals surface area contributed by atoms with Crippen molar-refractivity contribution in [3.05, 3.63) is 24.4 Å². The molecule has 1 unspecified atom stereocenters. The second-order valence-electron chi connectivity index (χ2n) is 8.64. The number of rotatable bonds is 7. The maximum atomic E-state index is 12.7. The summed E-state index contributed by atoms with van der Waals surface area (Å²) in [6, 6.07) is 6.29. The van der Waals surface area contributed by atoms with Crippen LogP contribution in [0, 0.1) is 0 Å². The number of aromatic nitrogens is 1. The Morgan fingerprint density at radius 1 is 1.07 bits per heavy atom. The van der Waals surface area contributed by atoms with E-state index in [0.717, 1.165) is 77.6 Å². The second kappa shape index (κ2) is 9.75. The van der Waals surface area contributed by atoms with E-state index < -0.39 is 0 Å². The zero-order valence-electron chi connectivity index (χ0n) is 18.0. The highest BCUT2D eigenvalue weighted by Crippen LogP contribution is 2.19. The molecule has 8 nitrogen and oxygen atoms in total. The van der Waals surface area contributed by atoms with Crippen LogP contribution in [0.3, 0.4) is 0 Å². The van der Waals surface area contributed by atoms with Crippen molar-refractivity contribution in [3.63, 3.8) is 0 Å². The molecule has 0 radical (unpaired) electrons. The van der Waals surface area contributed by atoms with Crippen LogP contribution in [0.25, 0.3) is 0 Å². The lowest BCUT2D eigenvalue weighted by atomic mass is 10.2. The average molecular weight is 415 g/mol. The number of nitrogens with zero attached hydrogens (tertiary/aromatic N) is 5. The number of hydrogen-bond donors (Lipinski definition) is 1. The highest BCUT2D eigenvalue weighted by atomic mass is 16.2. The Bertz CT molecular complexity index is 710. The summed E-state index contributed by atoms with van der Waals surface area (Å²) in [5.74, 6) is 1.39. The van der Waals surface area contributed by atoms with Crippen molar-refractivity contribution in [1.82, 2.24) is 25.0 Å². The number of anilines is 1. The fourth-order valence-corrected chi connectivity index (χ4v) is 4.23. The summed E-state index contributed by atoms with van der Waals surface area (Å²) >= 11 is 0. The monoisotopic (exact) mass is 414 g/mol. The zero-order valence-corrected chi connectivity index (χ0v) is 18.0. The summed E-state index contributed by atoms with van der Waals surface area (Å²) in [6.45, 7) is 9.60. The molecule has 1 saturated carbocycles. The summed E-state index contributed by atoms with van der Waals surface area (Å²) in [6.07, 6.45) is 4.63. The summed E-state index contributed by atoms with van der Waals surface area (Å²) in [5.41, 5.74) is 0. The van der Waals surface area contributed by atoms with E-state index in [0.29, 0.717) is 12.5 Å². The predicted octanol–water partition coefficient (Wildman–Crippen LogP) is 0.405. The molecule has 0 bridgehead atoms. The Morgan fingerprint density at radius 2 is 1.80 bits per heavy atom. The molecule has 4 rings (SSSR count). The summed E-state index contributed by atoms with van der Waals surface area (Å²) in [7, 11) is 0. The first kappa shape index (κ1) is 21.1. The Labute approximate surface area is 179 Å². The molecular weight excluding hydrogens is 380 g/mol. The van der Waals surface area contributed by atoms with Crippen LogP contribution in [0.1, 0.15) is 26.2 Å². The van der Waals surface area contributed by atoms with Crippen LogP contribution >= 0.6 is 0 Å². The summed E-state index contributed by atoms with van der Waals surface area (Å²) in [5, 5.41) is 3.10. The van der Waals surface area contributed by atoms with Crippen LogP contribution in [0.15, 0.2) is 24.4 Å². The Balaban J connectivity index is 1.13. The minimum atomic E-state index is -0.0650. The molecule has 1 aromatic rings. The summed E-state index contributed by atoms with van der Waals surface area (Å²) in [4.78, 5) is 38.1. The molecule has 3 heterocycles. The third-order valence-corrected chi connectivity index (χ3v) is 6.51. The molecule has 0 spiro atoms. The molecule has 3 fully saturated rings. The smallest absolute Gasteiger partial charge is 0.237 e. The van der Waals surface area contributed by atoms with E-state index in [1.165, 1.54) is 0 Å². The predicted molar refractivity (Wildman–Crippen MR) is 116 cm³/mol. The van der Waals surface area contributed by atoms with Gasteiger partial charge in [-0.25, -0.2) is 4.98 Å². The normalized spacial score (nSPS) is 22.0. The molecule has 2 saturated heterocycles. The lowest BCUT2D eigenvalue weighted by Gasteiger charge is -2.38. The van der Waals surface area contributed by atoms with Gasteiger partial charge in [0.15, 0.2) is 0 Å². The quantitative estimate of drug-likeness (QED) is 0.697. The number of nitrogens with one attached hydrogen (secondary N) is 1. The third kappa shape index (κ3) is 5.49. The van der Waals surface area contributed by atoms with Gasteiger partial charge in [-0.3, -0.25) is 14.5 Å². The molecule has 1 N–H and O–H groups in total. The van der Waals surface area contributed by atoms with E-state index in [-0.39, 0.29) is 17.9 Å². The van der Waals surface area contributed by atoms with E-state index in [1.54, 1.807) is 0 Å². The molecule has 2 amide bonds. The van der Waals surface area contributed by atoms with Crippen LogP contribution in [0.2, 0.25) is 0 Å². The van der Waals surface area contributed by atoms with Gasteiger partial charge in [0.25, 0.3) is 0 Å². The van der Waals surface area contributed by atoms with Crippen LogP contribution in [-0.2, 0) is 9.59 Å². The van der Waals surface area contributed by atoms with Crippen LogP contribution in [0.4, 0.5) is 5.82 Å². The van der Waals surface area contributed by atoms with Crippen molar-refractivity contribution >= 4 is 17.6 Å². The van der Waals surface area contributed by atoms with Crippen molar-refractivity contribution in [2.75, 3.05) is 63.8 Å². The van der Waals surface area contributed by atoms with Crippen molar-refractivity contribution < 1.29 is 9.59 Å². The number of carbonyl (C=O) groups excluding carboxylic acids is 2. The fourth-order valence-electron chi connectivity index (χ4n) is 4.23. The minimum Gasteiger partial charge on any atom is -0.353 e. The fraction of sp³-hybridized carbons (Fsp3) is 0.682. The highest BCUT2D eigenvalue weighted by molar-refractivity contribution is 5.81. The molecule has 1 aromatic heterocycles. The molecular formula is C22H34N6O2. The molecule has 30 heavy (non-hydrogen) atoms. The first-order valence-electron chi connectivity index (χ1n) is 11.3. The first-order valence-corrected chi connectivity index (χ1v) is 11.3. The molecule has 164 valence electrons. The van der Waals surface area contributed by atoms with E-state index in [4.69, 9.17) is 0 Å². The van der Waals surface area contributed by atoms with Gasteiger partial charge in [-0.05, 0) is 31.9 Å². The maximum Gasteiger partial charge on any atom is 0.237 e. The van der Waals surface area contributed by atoms with Gasteiger partial charge in [-0.15, -0.1) is 0 Å². The van der Waals surface area contributed by atoms with E-state index in [2.05, 4.69) is 25.0 Å². The number of hydrogen-bond acceptors (Lipinski definition) is 6. The molecule has 3 aliphatic rings. The number of piperazine rings is 2. The van der Waals surface area contributed by atoms with Gasteiger partial charge < -0.3 is 20.0 Å². The molecule has 1 atom stereocenters. The van der Waals surface area contributed by atoms with E-state index in [9.17, 15) is 9.59 Å². The highest BCUT2D eigenvalue weighted by Gasteiger charge is 2.30. The van der Waals surface area contributed by atoms with Gasteiger partial charge in [0.2, 0.25) is 11.8 Å². The van der Waals surface area contributed by atoms with Gasteiger partial charge in [-0.2, -0.15) is 0 Å². The van der Waals surface area contributed by atoms with E-state index >= 15 is 0 Å². The lowest BCUT2D eigenvalue weighted by Crippen LogP contribution is -2.54. The van der Waals surface area contributed by atoms with E-state index in [1.807, 2.05) is 36.2 Å². The number of amides is 2. The topological polar surface area (TPSA) is 72.0 Å². The Kier molecular flexibility index (Phi) is 6.84. The van der Waals surface area contributed by atoms with Crippen LogP contribution < -0.4 is 10.2 Å². The zero-order chi connectivity index (χ0) is 20.9. The number of carbonyl (C=O) groups is 2. The molecule has 0 aromatic carbocycles. The van der Waals surface area contributed by atoms with Gasteiger partial charge in [-0.1, -0.05) is 6.07 Å². The average Bonchev–Trinajstić information content (AvgIpc) is 3.62. The second-order valence-corrected chi connectivity index (χ2v) is 8.64. The van der Waals surface area contributed by atoms with Gasteiger partial charge in [0.05, 0.1) is 6.04 Å². The standard InChI is InChI=1S/C22H34N6O2/c1-18(22(30)24-19-5-6-19)26-12-10-25(11-13-26)9-7-21(29)28-16-14-27(15-17-28)20-4-2-3-8-23-20/h2-4,8,18-19H,5-7,9-17H2,1H3,(H,24,30). The largest absolute Gasteiger partial charge is 0.353 e. The molecule has 1 aliphatic carbocycles. The Hall–Kier alpha value is -2.19. The lowest BCUT2D eigenvalue weighted by molar-refractivity contribution is -0.131. The molecule has 2 aliphatic heterocycles. The third-order valence-electron chi connectivity index (χ3n) is 6.51. The van der Waals surface area contributed by atoms with Gasteiger partial charge in [0.1, 0.15) is 5.82 Å². The minimum absolute atomic E-state index is 0.0650. The maximum absolute atomic E-state index is 12.7. The van der Waals surface area contributed by atoms with Gasteiger partial charge in [0, 0.05) is 77.6 Å². The van der Waals surface area contributed by atoms with Crippen LogP contribution in [0.5, 0.6) is 0 Å². The van der Waals surface area contributed by atoms with Crippen molar-refractivity contribution in [2.24, 2.45) is 0 Å². The Morgan fingerprint density at radius 3 is 2.43 bits per heavy atom. The van der Waals surface area contributed by atoms with Crippen molar-refractivity contribution in [1.29, 1.82) is 0 Å². The molecule has 8 heteroatoms. The first-order chi connectivity index (χ1) is 14.6. The number of pyridine rings is 1. The van der Waals surface area contributed by atoms with Crippen molar-refractivity contribution in [3.8, 4) is 0 Å². The van der Waals surface area contributed by atoms with Gasteiger partial charge >= 0.3 is 0 Å².